The molecule has 23 heavy (non-hydrogen) atoms. The summed E-state index contributed by atoms with van der Waals surface area (Å²) in [5, 5.41) is 0. The summed E-state index contributed by atoms with van der Waals surface area (Å²) in [4.78, 5) is 13.0. The summed E-state index contributed by atoms with van der Waals surface area (Å²) in [5.41, 5.74) is 1.66. The molecule has 1 aromatic rings. The minimum absolute atomic E-state index is 0.0480. The van der Waals surface area contributed by atoms with Crippen molar-refractivity contribution >= 4 is 5.97 Å². The Labute approximate surface area is 141 Å². The Bertz CT molecular complexity index is 535. The minimum atomic E-state index is -0.456. The van der Waals surface area contributed by atoms with Crippen molar-refractivity contribution in [3.05, 3.63) is 35.4 Å². The van der Waals surface area contributed by atoms with Gasteiger partial charge in [0.1, 0.15) is 5.60 Å². The molecule has 0 atom stereocenters. The molecule has 0 heterocycles. The first kappa shape index (κ1) is 18.0. The topological polar surface area (TPSA) is 26.3 Å². The van der Waals surface area contributed by atoms with Gasteiger partial charge in [0, 0.05) is 0 Å². The maximum atomic E-state index is 13.0. The third-order valence-corrected chi connectivity index (χ3v) is 4.80. The Kier molecular flexibility index (Phi) is 4.94. The minimum Gasteiger partial charge on any atom is -0.459 e. The number of carbonyl (C=O) groups is 1. The van der Waals surface area contributed by atoms with Gasteiger partial charge in [-0.05, 0) is 50.2 Å². The predicted octanol–water partition coefficient (Wildman–Crippen LogP) is 5.53. The smallest absolute Gasteiger partial charge is 0.317 e. The van der Waals surface area contributed by atoms with Crippen LogP contribution in [-0.4, -0.2) is 11.6 Å². The molecule has 0 N–H and O–H groups in total. The summed E-state index contributed by atoms with van der Waals surface area (Å²) in [6.07, 6.45) is 5.21. The number of hydrogen-bond acceptors (Lipinski definition) is 2. The van der Waals surface area contributed by atoms with Crippen molar-refractivity contribution in [2.45, 2.75) is 90.1 Å². The van der Waals surface area contributed by atoms with Crippen LogP contribution in [0.3, 0.4) is 0 Å². The van der Waals surface area contributed by atoms with E-state index in [4.69, 9.17) is 4.74 Å². The molecule has 128 valence electrons. The SMILES string of the molecule is CC(C)(C)OC(=O)C1(c2ccc(C(C)(C)C)cc2)CCCCC1. The molecule has 0 bridgehead atoms. The molecule has 1 fully saturated rings. The molecule has 0 aliphatic heterocycles. The van der Waals surface area contributed by atoms with Crippen LogP contribution >= 0.6 is 0 Å². The summed E-state index contributed by atoms with van der Waals surface area (Å²) in [7, 11) is 0. The van der Waals surface area contributed by atoms with E-state index in [0.717, 1.165) is 31.2 Å². The van der Waals surface area contributed by atoms with Crippen molar-refractivity contribution in [1.29, 1.82) is 0 Å². The molecular weight excluding hydrogens is 284 g/mol. The quantitative estimate of drug-likeness (QED) is 0.671. The first-order valence-electron chi connectivity index (χ1n) is 8.89. The van der Waals surface area contributed by atoms with E-state index in [1.807, 2.05) is 20.8 Å². The third-order valence-electron chi connectivity index (χ3n) is 4.80. The van der Waals surface area contributed by atoms with Gasteiger partial charge in [-0.25, -0.2) is 0 Å². The molecular formula is C21H32O2. The van der Waals surface area contributed by atoms with Crippen molar-refractivity contribution in [1.82, 2.24) is 0 Å². The van der Waals surface area contributed by atoms with Crippen LogP contribution < -0.4 is 0 Å². The van der Waals surface area contributed by atoms with Crippen LogP contribution in [0.4, 0.5) is 0 Å². The second-order valence-corrected chi connectivity index (χ2v) is 8.97. The largest absolute Gasteiger partial charge is 0.459 e. The molecule has 0 aromatic heterocycles. The van der Waals surface area contributed by atoms with Crippen LogP contribution in [0.5, 0.6) is 0 Å². The molecule has 2 heteroatoms. The van der Waals surface area contributed by atoms with Crippen molar-refractivity contribution in [2.75, 3.05) is 0 Å². The highest BCUT2D eigenvalue weighted by Gasteiger charge is 2.44. The van der Waals surface area contributed by atoms with Gasteiger partial charge in [0.2, 0.25) is 0 Å². The van der Waals surface area contributed by atoms with Gasteiger partial charge in [0.05, 0.1) is 5.41 Å². The first-order valence-corrected chi connectivity index (χ1v) is 8.89. The van der Waals surface area contributed by atoms with E-state index >= 15 is 0 Å². The number of benzene rings is 1. The van der Waals surface area contributed by atoms with Gasteiger partial charge in [-0.2, -0.15) is 0 Å². The maximum Gasteiger partial charge on any atom is 0.317 e. The summed E-state index contributed by atoms with van der Waals surface area (Å²) < 4.78 is 5.79. The van der Waals surface area contributed by atoms with Gasteiger partial charge in [-0.3, -0.25) is 4.79 Å². The highest BCUT2D eigenvalue weighted by Crippen LogP contribution is 2.42. The lowest BCUT2D eigenvalue weighted by Gasteiger charge is -2.38. The average Bonchev–Trinajstić information content (AvgIpc) is 2.45. The second kappa shape index (κ2) is 6.30. The van der Waals surface area contributed by atoms with Crippen molar-refractivity contribution in [3.8, 4) is 0 Å². The number of carbonyl (C=O) groups excluding carboxylic acids is 1. The Morgan fingerprint density at radius 1 is 0.913 bits per heavy atom. The van der Waals surface area contributed by atoms with E-state index in [9.17, 15) is 4.79 Å². The summed E-state index contributed by atoms with van der Waals surface area (Å²) in [5.74, 6) is -0.0480. The summed E-state index contributed by atoms with van der Waals surface area (Å²) >= 11 is 0. The molecule has 2 nitrogen and oxygen atoms in total. The zero-order chi connectivity index (χ0) is 17.3. The van der Waals surface area contributed by atoms with Crippen molar-refractivity contribution < 1.29 is 9.53 Å². The van der Waals surface area contributed by atoms with Gasteiger partial charge in [-0.15, -0.1) is 0 Å². The molecule has 0 saturated heterocycles. The van der Waals surface area contributed by atoms with Crippen LogP contribution in [0.1, 0.15) is 84.8 Å². The van der Waals surface area contributed by atoms with Crippen molar-refractivity contribution in [2.24, 2.45) is 0 Å². The van der Waals surface area contributed by atoms with E-state index in [1.165, 1.54) is 12.0 Å². The highest BCUT2D eigenvalue weighted by molar-refractivity contribution is 5.83. The third kappa shape index (κ3) is 4.16. The van der Waals surface area contributed by atoms with Crippen LogP contribution in [0, 0.1) is 0 Å². The van der Waals surface area contributed by atoms with Crippen molar-refractivity contribution in [3.63, 3.8) is 0 Å². The monoisotopic (exact) mass is 316 g/mol. The lowest BCUT2D eigenvalue weighted by molar-refractivity contribution is -0.163. The molecule has 1 aliphatic carbocycles. The summed E-state index contributed by atoms with van der Waals surface area (Å²) in [6.45, 7) is 12.5. The maximum absolute atomic E-state index is 13.0. The van der Waals surface area contributed by atoms with Crippen LogP contribution in [0.2, 0.25) is 0 Å². The van der Waals surface area contributed by atoms with E-state index in [1.54, 1.807) is 0 Å². The number of hydrogen-bond donors (Lipinski definition) is 0. The van der Waals surface area contributed by atoms with Gasteiger partial charge in [0.25, 0.3) is 0 Å². The fourth-order valence-electron chi connectivity index (χ4n) is 3.43. The average molecular weight is 316 g/mol. The molecule has 0 unspecified atom stereocenters. The van der Waals surface area contributed by atoms with Gasteiger partial charge < -0.3 is 4.74 Å². The van der Waals surface area contributed by atoms with Gasteiger partial charge in [-0.1, -0.05) is 64.3 Å². The van der Waals surface area contributed by atoms with Crippen LogP contribution in [0.25, 0.3) is 0 Å². The molecule has 0 spiro atoms. The van der Waals surface area contributed by atoms with Gasteiger partial charge in [0.15, 0.2) is 0 Å². The fraction of sp³-hybridized carbons (Fsp3) is 0.667. The Morgan fingerprint density at radius 2 is 1.43 bits per heavy atom. The number of rotatable bonds is 2. The van der Waals surface area contributed by atoms with Crippen LogP contribution in [0.15, 0.2) is 24.3 Å². The standard InChI is InChI=1S/C21H32O2/c1-19(2,3)16-10-12-17(13-11-16)21(14-8-7-9-15-21)18(22)23-20(4,5)6/h10-13H,7-9,14-15H2,1-6H3. The normalized spacial score (nSPS) is 18.5. The Balaban J connectivity index is 2.37. The Hall–Kier alpha value is -1.31. The zero-order valence-corrected chi connectivity index (χ0v) is 15.7. The Morgan fingerprint density at radius 3 is 1.87 bits per heavy atom. The van der Waals surface area contributed by atoms with E-state index in [2.05, 4.69) is 45.0 Å². The van der Waals surface area contributed by atoms with Crippen LogP contribution in [-0.2, 0) is 20.4 Å². The second-order valence-electron chi connectivity index (χ2n) is 8.97. The summed E-state index contributed by atoms with van der Waals surface area (Å²) in [6, 6.07) is 8.65. The first-order chi connectivity index (χ1) is 10.5. The van der Waals surface area contributed by atoms with E-state index in [0.29, 0.717) is 0 Å². The predicted molar refractivity (Wildman–Crippen MR) is 95.8 cm³/mol. The molecule has 1 saturated carbocycles. The molecule has 1 aliphatic rings. The van der Waals surface area contributed by atoms with E-state index in [-0.39, 0.29) is 11.4 Å². The lowest BCUT2D eigenvalue weighted by atomic mass is 9.69. The molecule has 2 rings (SSSR count). The fourth-order valence-corrected chi connectivity index (χ4v) is 3.43. The number of esters is 1. The molecule has 0 radical (unpaired) electrons. The zero-order valence-electron chi connectivity index (χ0n) is 15.7. The van der Waals surface area contributed by atoms with E-state index < -0.39 is 11.0 Å². The molecule has 1 aromatic carbocycles. The van der Waals surface area contributed by atoms with Gasteiger partial charge >= 0.3 is 5.97 Å². The highest BCUT2D eigenvalue weighted by atomic mass is 16.6. The molecule has 0 amide bonds. The number of ether oxygens (including phenoxy) is 1. The lowest BCUT2D eigenvalue weighted by Crippen LogP contribution is -2.42.